The van der Waals surface area contributed by atoms with Crippen LogP contribution in [0.1, 0.15) is 17.3 Å². The second-order valence-corrected chi connectivity index (χ2v) is 10.1. The topological polar surface area (TPSA) is 107 Å². The lowest BCUT2D eigenvalue weighted by molar-refractivity contribution is -0.143. The molecule has 12 heteroatoms. The summed E-state index contributed by atoms with van der Waals surface area (Å²) in [4.78, 5) is 29.0. The average Bonchev–Trinajstić information content (AvgIpc) is 3.16. The molecule has 4 rings (SSSR count). The lowest BCUT2D eigenvalue weighted by atomic mass is 10.2. The van der Waals surface area contributed by atoms with Gasteiger partial charge in [-0.05, 0) is 49.4 Å². The number of hydrogen-bond donors (Lipinski definition) is 1. The van der Waals surface area contributed by atoms with Gasteiger partial charge >= 0.3 is 5.97 Å². The summed E-state index contributed by atoms with van der Waals surface area (Å²) in [5, 5.41) is 0. The Labute approximate surface area is 208 Å². The van der Waals surface area contributed by atoms with E-state index >= 15 is 0 Å². The van der Waals surface area contributed by atoms with Crippen LogP contribution in [-0.2, 0) is 26.1 Å². The number of thiazole rings is 1. The molecule has 0 radical (unpaired) electrons. The number of nitrogens with one attached hydrogen (secondary N) is 1. The molecule has 0 aliphatic rings. The molecule has 1 N–H and O–H groups in total. The molecule has 1 heterocycles. The van der Waals surface area contributed by atoms with E-state index in [1.54, 1.807) is 25.1 Å². The minimum Gasteiger partial charge on any atom is -0.465 e. The van der Waals surface area contributed by atoms with Crippen LogP contribution in [0, 0.1) is 11.6 Å². The predicted octanol–water partition coefficient (Wildman–Crippen LogP) is 4.09. The van der Waals surface area contributed by atoms with Gasteiger partial charge in [0, 0.05) is 17.3 Å². The number of esters is 1. The van der Waals surface area contributed by atoms with Crippen molar-refractivity contribution in [3.05, 3.63) is 88.7 Å². The summed E-state index contributed by atoms with van der Waals surface area (Å²) in [7, 11) is -3.81. The monoisotopic (exact) mass is 531 g/mol. The third kappa shape index (κ3) is 5.50. The molecule has 1 amide bonds. The minimum absolute atomic E-state index is 0.0265. The molecule has 0 unspecified atom stereocenters. The molecule has 36 heavy (non-hydrogen) atoms. The van der Waals surface area contributed by atoms with Gasteiger partial charge in [-0.25, -0.2) is 17.2 Å². The minimum atomic E-state index is -3.81. The Hall–Kier alpha value is -3.90. The highest BCUT2D eigenvalue weighted by atomic mass is 32.2. The van der Waals surface area contributed by atoms with Crippen LogP contribution < -0.4 is 9.52 Å². The third-order valence-corrected chi connectivity index (χ3v) is 7.35. The largest absolute Gasteiger partial charge is 0.465 e. The van der Waals surface area contributed by atoms with E-state index in [1.165, 1.54) is 36.4 Å². The number of halogens is 2. The molecule has 0 atom stereocenters. The van der Waals surface area contributed by atoms with Crippen LogP contribution >= 0.6 is 11.3 Å². The van der Waals surface area contributed by atoms with Crippen LogP contribution in [0.5, 0.6) is 0 Å². The number of rotatable bonds is 7. The summed E-state index contributed by atoms with van der Waals surface area (Å²) in [5.41, 5.74) is 0.267. The first-order valence-electron chi connectivity index (χ1n) is 10.6. The molecule has 1 aromatic heterocycles. The smallest absolute Gasteiger partial charge is 0.326 e. The van der Waals surface area contributed by atoms with Crippen LogP contribution in [0.2, 0.25) is 0 Å². The summed E-state index contributed by atoms with van der Waals surface area (Å²) in [6, 6.07) is 15.1. The van der Waals surface area contributed by atoms with Crippen LogP contribution in [0.4, 0.5) is 14.5 Å². The second-order valence-electron chi connectivity index (χ2n) is 7.42. The average molecular weight is 532 g/mol. The van der Waals surface area contributed by atoms with Gasteiger partial charge in [-0.15, -0.1) is 0 Å². The third-order valence-electron chi connectivity index (χ3n) is 4.92. The molecule has 0 saturated carbocycles. The van der Waals surface area contributed by atoms with Gasteiger partial charge in [0.15, 0.2) is 10.6 Å². The van der Waals surface area contributed by atoms with Crippen molar-refractivity contribution < 1.29 is 31.5 Å². The summed E-state index contributed by atoms with van der Waals surface area (Å²) in [5.74, 6) is -3.12. The zero-order valence-corrected chi connectivity index (χ0v) is 20.4. The fourth-order valence-corrected chi connectivity index (χ4v) is 5.49. The van der Waals surface area contributed by atoms with Gasteiger partial charge in [0.2, 0.25) is 0 Å². The van der Waals surface area contributed by atoms with E-state index < -0.39 is 40.1 Å². The van der Waals surface area contributed by atoms with Crippen molar-refractivity contribution in [3.8, 4) is 0 Å². The van der Waals surface area contributed by atoms with Crippen LogP contribution in [0.25, 0.3) is 10.2 Å². The van der Waals surface area contributed by atoms with E-state index in [-0.39, 0.29) is 37.8 Å². The van der Waals surface area contributed by atoms with E-state index in [0.717, 1.165) is 22.0 Å². The fourth-order valence-electron chi connectivity index (χ4n) is 3.34. The van der Waals surface area contributed by atoms with Crippen LogP contribution in [0.15, 0.2) is 76.6 Å². The standard InChI is InChI=1S/C24H19F2N3O5S2/c1-2-34-21(30)14-29-22-19(26)12-16(25)13-20(22)35-24(29)27-23(31)15-8-10-17(11-9-15)28-36(32,33)18-6-4-3-5-7-18/h3-13,28H,2,14H2,1H3. The Bertz CT molecular complexity index is 1610. The number of anilines is 1. The molecule has 3 aromatic carbocycles. The van der Waals surface area contributed by atoms with Crippen molar-refractivity contribution in [2.24, 2.45) is 4.99 Å². The SMILES string of the molecule is CCOC(=O)Cn1c(=NC(=O)c2ccc(NS(=O)(=O)c3ccccc3)cc2)sc2cc(F)cc(F)c21. The van der Waals surface area contributed by atoms with Crippen molar-refractivity contribution >= 4 is 49.1 Å². The predicted molar refractivity (Wildman–Crippen MR) is 130 cm³/mol. The zero-order chi connectivity index (χ0) is 25.9. The summed E-state index contributed by atoms with van der Waals surface area (Å²) < 4.78 is 61.9. The summed E-state index contributed by atoms with van der Waals surface area (Å²) in [6.45, 7) is 1.29. The highest BCUT2D eigenvalue weighted by molar-refractivity contribution is 7.92. The van der Waals surface area contributed by atoms with Crippen LogP contribution in [-0.4, -0.2) is 31.5 Å². The fraction of sp³-hybridized carbons (Fsp3) is 0.125. The number of carbonyl (C=O) groups is 2. The number of ether oxygens (including phenoxy) is 1. The van der Waals surface area contributed by atoms with Crippen LogP contribution in [0.3, 0.4) is 0 Å². The molecular weight excluding hydrogens is 512 g/mol. The van der Waals surface area contributed by atoms with E-state index in [2.05, 4.69) is 9.71 Å². The summed E-state index contributed by atoms with van der Waals surface area (Å²) >= 11 is 0.840. The van der Waals surface area contributed by atoms with E-state index in [9.17, 15) is 26.8 Å². The highest BCUT2D eigenvalue weighted by Gasteiger charge is 2.18. The van der Waals surface area contributed by atoms with E-state index in [1.807, 2.05) is 0 Å². The van der Waals surface area contributed by atoms with Crippen molar-refractivity contribution in [2.75, 3.05) is 11.3 Å². The first-order valence-corrected chi connectivity index (χ1v) is 12.9. The van der Waals surface area contributed by atoms with Gasteiger partial charge in [-0.1, -0.05) is 29.5 Å². The van der Waals surface area contributed by atoms with Gasteiger partial charge in [-0.3, -0.25) is 14.3 Å². The molecule has 0 bridgehead atoms. The summed E-state index contributed by atoms with van der Waals surface area (Å²) in [6.07, 6.45) is 0. The Balaban J connectivity index is 1.66. The van der Waals surface area contributed by atoms with E-state index in [0.29, 0.717) is 6.07 Å². The molecule has 4 aromatic rings. The number of carbonyl (C=O) groups excluding carboxylic acids is 2. The highest BCUT2D eigenvalue weighted by Crippen LogP contribution is 2.23. The van der Waals surface area contributed by atoms with E-state index in [4.69, 9.17) is 4.74 Å². The Kier molecular flexibility index (Phi) is 7.27. The Morgan fingerprint density at radius 3 is 2.42 bits per heavy atom. The van der Waals surface area contributed by atoms with Gasteiger partial charge in [-0.2, -0.15) is 4.99 Å². The van der Waals surface area contributed by atoms with Gasteiger partial charge in [0.05, 0.1) is 21.7 Å². The first-order chi connectivity index (χ1) is 17.2. The van der Waals surface area contributed by atoms with Gasteiger partial charge < -0.3 is 9.30 Å². The number of benzene rings is 3. The molecule has 0 saturated heterocycles. The van der Waals surface area contributed by atoms with Gasteiger partial charge in [0.1, 0.15) is 12.4 Å². The second kappa shape index (κ2) is 10.4. The van der Waals surface area contributed by atoms with Crippen molar-refractivity contribution in [2.45, 2.75) is 18.4 Å². The normalized spacial score (nSPS) is 12.0. The molecule has 0 spiro atoms. The van der Waals surface area contributed by atoms with Crippen molar-refractivity contribution in [3.63, 3.8) is 0 Å². The number of sulfonamides is 1. The number of fused-ring (bicyclic) bond motifs is 1. The molecular formula is C24H19F2N3O5S2. The number of aromatic nitrogens is 1. The number of amides is 1. The number of nitrogens with zero attached hydrogens (tertiary/aromatic N) is 2. The maximum atomic E-state index is 14.5. The lowest BCUT2D eigenvalue weighted by Crippen LogP contribution is -2.23. The maximum Gasteiger partial charge on any atom is 0.326 e. The molecule has 8 nitrogen and oxygen atoms in total. The molecule has 0 aliphatic carbocycles. The lowest BCUT2D eigenvalue weighted by Gasteiger charge is -2.08. The van der Waals surface area contributed by atoms with Gasteiger partial charge in [0.25, 0.3) is 15.9 Å². The van der Waals surface area contributed by atoms with Crippen molar-refractivity contribution in [1.29, 1.82) is 0 Å². The maximum absolute atomic E-state index is 14.5. The Morgan fingerprint density at radius 1 is 1.06 bits per heavy atom. The Morgan fingerprint density at radius 2 is 1.75 bits per heavy atom. The van der Waals surface area contributed by atoms with Crippen molar-refractivity contribution in [1.82, 2.24) is 4.57 Å². The first kappa shape index (κ1) is 25.2. The number of hydrogen-bond acceptors (Lipinski definition) is 6. The zero-order valence-electron chi connectivity index (χ0n) is 18.8. The molecule has 186 valence electrons. The molecule has 0 aliphatic heterocycles. The quantitative estimate of drug-likeness (QED) is 0.362. The molecule has 0 fully saturated rings.